The molecule has 0 bridgehead atoms. The molecule has 10 heteroatoms. The Bertz CT molecular complexity index is 920. The monoisotopic (exact) mass is 381 g/mol. The largest absolute Gasteiger partial charge is 0.449 e. The van der Waals surface area contributed by atoms with Crippen molar-refractivity contribution in [3.05, 3.63) is 41.7 Å². The predicted octanol–water partition coefficient (Wildman–Crippen LogP) is 1.42. The number of amides is 1. The molecular weight excluding hydrogens is 362 g/mol. The van der Waals surface area contributed by atoms with Gasteiger partial charge >= 0.3 is 5.97 Å². The van der Waals surface area contributed by atoms with Crippen LogP contribution in [0.15, 0.2) is 39.8 Å². The molecular formula is C16H19N3O6S. The second kappa shape index (κ2) is 7.67. The molecule has 0 radical (unpaired) electrons. The molecule has 2 rings (SSSR count). The molecule has 26 heavy (non-hydrogen) atoms. The first-order valence-corrected chi connectivity index (χ1v) is 9.03. The molecule has 9 nitrogen and oxygen atoms in total. The zero-order chi connectivity index (χ0) is 19.5. The summed E-state index contributed by atoms with van der Waals surface area (Å²) in [6, 6.07) is 6.92. The Morgan fingerprint density at radius 1 is 1.27 bits per heavy atom. The molecule has 0 fully saturated rings. The Hall–Kier alpha value is -2.72. The van der Waals surface area contributed by atoms with Crippen LogP contribution in [0.4, 0.5) is 5.82 Å². The molecule has 0 aliphatic rings. The van der Waals surface area contributed by atoms with Gasteiger partial charge in [-0.25, -0.2) is 17.5 Å². The molecule has 1 unspecified atom stereocenters. The number of esters is 1. The van der Waals surface area contributed by atoms with Crippen LogP contribution in [0.1, 0.15) is 23.0 Å². The van der Waals surface area contributed by atoms with Gasteiger partial charge in [-0.05, 0) is 32.0 Å². The van der Waals surface area contributed by atoms with Gasteiger partial charge < -0.3 is 14.6 Å². The van der Waals surface area contributed by atoms with Gasteiger partial charge in [-0.15, -0.1) is 0 Å². The van der Waals surface area contributed by atoms with Gasteiger partial charge in [0.1, 0.15) is 5.76 Å². The van der Waals surface area contributed by atoms with Gasteiger partial charge in [0, 0.05) is 20.2 Å². The zero-order valence-corrected chi connectivity index (χ0v) is 15.5. The van der Waals surface area contributed by atoms with E-state index < -0.39 is 28.0 Å². The number of anilines is 1. The lowest BCUT2D eigenvalue weighted by molar-refractivity contribution is -0.123. The van der Waals surface area contributed by atoms with Gasteiger partial charge in [0.25, 0.3) is 5.91 Å². The van der Waals surface area contributed by atoms with Crippen molar-refractivity contribution in [2.45, 2.75) is 24.8 Å². The van der Waals surface area contributed by atoms with Crippen molar-refractivity contribution in [1.82, 2.24) is 9.46 Å². The van der Waals surface area contributed by atoms with Crippen molar-refractivity contribution < 1.29 is 27.3 Å². The second-order valence-electron chi connectivity index (χ2n) is 5.67. The molecule has 0 saturated heterocycles. The van der Waals surface area contributed by atoms with E-state index in [1.165, 1.54) is 51.4 Å². The maximum Gasteiger partial charge on any atom is 0.338 e. The van der Waals surface area contributed by atoms with Crippen molar-refractivity contribution >= 4 is 27.7 Å². The number of nitrogens with zero attached hydrogens (tertiary/aromatic N) is 2. The number of aromatic nitrogens is 1. The number of hydrogen-bond acceptors (Lipinski definition) is 7. The maximum absolute atomic E-state index is 12.2. The number of hydrogen-bond donors (Lipinski definition) is 1. The van der Waals surface area contributed by atoms with Crippen LogP contribution < -0.4 is 5.32 Å². The minimum absolute atomic E-state index is 0.0184. The highest BCUT2D eigenvalue weighted by Crippen LogP contribution is 2.16. The third-order valence-corrected chi connectivity index (χ3v) is 5.19. The van der Waals surface area contributed by atoms with Gasteiger partial charge in [-0.1, -0.05) is 11.2 Å². The highest BCUT2D eigenvalue weighted by atomic mass is 32.2. The van der Waals surface area contributed by atoms with Crippen molar-refractivity contribution in [3.8, 4) is 0 Å². The van der Waals surface area contributed by atoms with Crippen LogP contribution in [0.5, 0.6) is 0 Å². The first kappa shape index (κ1) is 19.6. The van der Waals surface area contributed by atoms with E-state index in [2.05, 4.69) is 10.5 Å². The third-order valence-electron chi connectivity index (χ3n) is 3.38. The summed E-state index contributed by atoms with van der Waals surface area (Å²) >= 11 is 0. The smallest absolute Gasteiger partial charge is 0.338 e. The summed E-state index contributed by atoms with van der Waals surface area (Å²) in [6.07, 6.45) is -1.12. The summed E-state index contributed by atoms with van der Waals surface area (Å²) in [5.41, 5.74) is 0.0184. The topological polar surface area (TPSA) is 119 Å². The predicted molar refractivity (Wildman–Crippen MR) is 92.1 cm³/mol. The van der Waals surface area contributed by atoms with Gasteiger partial charge in [0.2, 0.25) is 10.0 Å². The SMILES string of the molecule is Cc1cc(NC(=O)C(C)OC(=O)c2cccc(S(=O)(=O)N(C)C)c2)no1. The number of carbonyl (C=O) groups is 2. The Morgan fingerprint density at radius 2 is 1.96 bits per heavy atom. The molecule has 2 aromatic rings. The van der Waals surface area contributed by atoms with E-state index >= 15 is 0 Å². The van der Waals surface area contributed by atoms with Crippen LogP contribution in [0, 0.1) is 6.92 Å². The number of nitrogens with one attached hydrogen (secondary N) is 1. The lowest BCUT2D eigenvalue weighted by atomic mass is 10.2. The minimum atomic E-state index is -3.69. The van der Waals surface area contributed by atoms with Crippen LogP contribution in [0.25, 0.3) is 0 Å². The standard InChI is InChI=1S/C16H19N3O6S/c1-10-8-14(18-25-10)17-15(20)11(2)24-16(21)12-6-5-7-13(9-12)26(22,23)19(3)4/h5-9,11H,1-4H3,(H,17,18,20). The lowest BCUT2D eigenvalue weighted by Crippen LogP contribution is -2.30. The number of carbonyl (C=O) groups excluding carboxylic acids is 2. The Morgan fingerprint density at radius 3 is 2.54 bits per heavy atom. The summed E-state index contributed by atoms with van der Waals surface area (Å²) < 4.78 is 35.2. The molecule has 0 aliphatic carbocycles. The first-order chi connectivity index (χ1) is 12.1. The molecule has 0 saturated carbocycles. The molecule has 1 heterocycles. The lowest BCUT2D eigenvalue weighted by Gasteiger charge is -2.14. The zero-order valence-electron chi connectivity index (χ0n) is 14.7. The molecule has 1 atom stereocenters. The van der Waals surface area contributed by atoms with E-state index in [0.29, 0.717) is 5.76 Å². The summed E-state index contributed by atoms with van der Waals surface area (Å²) in [5.74, 6) is -0.693. The van der Waals surface area contributed by atoms with E-state index in [4.69, 9.17) is 9.26 Å². The van der Waals surface area contributed by atoms with Crippen molar-refractivity contribution in [2.75, 3.05) is 19.4 Å². The number of ether oxygens (including phenoxy) is 1. The highest BCUT2D eigenvalue weighted by molar-refractivity contribution is 7.89. The number of sulfonamides is 1. The van der Waals surface area contributed by atoms with Gasteiger partial charge in [-0.3, -0.25) is 4.79 Å². The normalized spacial score (nSPS) is 12.7. The fraction of sp³-hybridized carbons (Fsp3) is 0.312. The quantitative estimate of drug-likeness (QED) is 0.752. The Labute approximate surface area is 151 Å². The maximum atomic E-state index is 12.2. The Kier molecular flexibility index (Phi) is 5.78. The van der Waals surface area contributed by atoms with Crippen molar-refractivity contribution in [1.29, 1.82) is 0 Å². The molecule has 1 amide bonds. The number of rotatable bonds is 6. The fourth-order valence-corrected chi connectivity index (χ4v) is 2.88. The molecule has 1 aromatic heterocycles. The average Bonchev–Trinajstić information content (AvgIpc) is 2.99. The molecule has 0 aliphatic heterocycles. The third kappa shape index (κ3) is 4.46. The van der Waals surface area contributed by atoms with Crippen LogP contribution in [-0.4, -0.2) is 50.0 Å². The van der Waals surface area contributed by atoms with E-state index in [0.717, 1.165) is 4.31 Å². The van der Waals surface area contributed by atoms with Crippen LogP contribution in [-0.2, 0) is 19.6 Å². The molecule has 1 aromatic carbocycles. The summed E-state index contributed by atoms with van der Waals surface area (Å²) in [4.78, 5) is 24.2. The van der Waals surface area contributed by atoms with E-state index in [1.807, 2.05) is 0 Å². The minimum Gasteiger partial charge on any atom is -0.449 e. The average molecular weight is 381 g/mol. The van der Waals surface area contributed by atoms with Crippen LogP contribution in [0.2, 0.25) is 0 Å². The van der Waals surface area contributed by atoms with Gasteiger partial charge in [-0.2, -0.15) is 0 Å². The Balaban J connectivity index is 2.08. The van der Waals surface area contributed by atoms with E-state index in [9.17, 15) is 18.0 Å². The second-order valence-corrected chi connectivity index (χ2v) is 7.83. The van der Waals surface area contributed by atoms with Crippen LogP contribution >= 0.6 is 0 Å². The highest BCUT2D eigenvalue weighted by Gasteiger charge is 2.22. The van der Waals surface area contributed by atoms with E-state index in [1.54, 1.807) is 6.92 Å². The van der Waals surface area contributed by atoms with Crippen molar-refractivity contribution in [3.63, 3.8) is 0 Å². The summed E-state index contributed by atoms with van der Waals surface area (Å²) in [7, 11) is -0.914. The van der Waals surface area contributed by atoms with Crippen LogP contribution in [0.3, 0.4) is 0 Å². The van der Waals surface area contributed by atoms with Crippen molar-refractivity contribution in [2.24, 2.45) is 0 Å². The summed E-state index contributed by atoms with van der Waals surface area (Å²) in [6.45, 7) is 3.06. The number of benzene rings is 1. The molecule has 0 spiro atoms. The molecule has 1 N–H and O–H groups in total. The molecule has 140 valence electrons. The summed E-state index contributed by atoms with van der Waals surface area (Å²) in [5, 5.41) is 6.06. The number of aryl methyl sites for hydroxylation is 1. The fourth-order valence-electron chi connectivity index (χ4n) is 1.93. The van der Waals surface area contributed by atoms with Gasteiger partial charge in [0.15, 0.2) is 11.9 Å². The first-order valence-electron chi connectivity index (χ1n) is 7.59. The van der Waals surface area contributed by atoms with E-state index in [-0.39, 0.29) is 16.3 Å². The van der Waals surface area contributed by atoms with Gasteiger partial charge in [0.05, 0.1) is 10.5 Å².